The van der Waals surface area contributed by atoms with E-state index in [2.05, 4.69) is 5.32 Å². The van der Waals surface area contributed by atoms with Gasteiger partial charge in [-0.2, -0.15) is 0 Å². The Morgan fingerprint density at radius 2 is 1.83 bits per heavy atom. The van der Waals surface area contributed by atoms with Crippen molar-refractivity contribution >= 4 is 18.0 Å². The first-order chi connectivity index (χ1) is 10.6. The maximum absolute atomic E-state index is 12.2. The van der Waals surface area contributed by atoms with Crippen LogP contribution < -0.4 is 5.32 Å². The van der Waals surface area contributed by atoms with Gasteiger partial charge in [0.2, 0.25) is 5.91 Å². The van der Waals surface area contributed by atoms with Crippen molar-refractivity contribution in [3.05, 3.63) is 0 Å². The van der Waals surface area contributed by atoms with Crippen molar-refractivity contribution in [1.29, 1.82) is 0 Å². The van der Waals surface area contributed by atoms with Gasteiger partial charge in [-0.25, -0.2) is 9.59 Å². The van der Waals surface area contributed by atoms with E-state index < -0.39 is 23.7 Å². The van der Waals surface area contributed by atoms with Crippen LogP contribution in [0.3, 0.4) is 0 Å². The second kappa shape index (κ2) is 8.14. The molecule has 0 saturated carbocycles. The molecule has 1 unspecified atom stereocenters. The fraction of sp³-hybridized carbons (Fsp3) is 0.800. The van der Waals surface area contributed by atoms with Gasteiger partial charge in [0, 0.05) is 20.2 Å². The molecule has 0 bridgehead atoms. The lowest BCUT2D eigenvalue weighted by atomic mass is 10.1. The highest BCUT2D eigenvalue weighted by Crippen LogP contribution is 2.14. The summed E-state index contributed by atoms with van der Waals surface area (Å²) in [6.07, 6.45) is 0.426. The fourth-order valence-electron chi connectivity index (χ4n) is 2.29. The monoisotopic (exact) mass is 330 g/mol. The van der Waals surface area contributed by atoms with Gasteiger partial charge in [0.05, 0.1) is 12.5 Å². The zero-order valence-electron chi connectivity index (χ0n) is 14.1. The van der Waals surface area contributed by atoms with Crippen LogP contribution in [0, 0.1) is 0 Å². The molecule has 0 radical (unpaired) electrons. The Morgan fingerprint density at radius 1 is 1.26 bits per heavy atom. The third-order valence-electron chi connectivity index (χ3n) is 3.50. The molecule has 8 heteroatoms. The molecule has 0 spiro atoms. The van der Waals surface area contributed by atoms with Crippen LogP contribution in [0.25, 0.3) is 0 Å². The zero-order chi connectivity index (χ0) is 17.6. The predicted octanol–water partition coefficient (Wildman–Crippen LogP) is 0.992. The number of ether oxygens (including phenoxy) is 2. The number of carboxylic acids is 1. The van der Waals surface area contributed by atoms with E-state index in [-0.39, 0.29) is 18.4 Å². The lowest BCUT2D eigenvalue weighted by Crippen LogP contribution is -2.48. The first-order valence-corrected chi connectivity index (χ1v) is 7.65. The molecular weight excluding hydrogens is 304 g/mol. The summed E-state index contributed by atoms with van der Waals surface area (Å²) in [5.41, 5.74) is -0.737. The number of aliphatic carboxylic acids is 1. The highest BCUT2D eigenvalue weighted by atomic mass is 16.6. The molecule has 23 heavy (non-hydrogen) atoms. The molecule has 0 aromatic heterocycles. The molecule has 0 aromatic rings. The van der Waals surface area contributed by atoms with E-state index in [9.17, 15) is 19.5 Å². The Balaban J connectivity index is 2.54. The number of amides is 2. The molecule has 1 saturated heterocycles. The van der Waals surface area contributed by atoms with Crippen molar-refractivity contribution in [2.75, 3.05) is 20.2 Å². The van der Waals surface area contributed by atoms with Crippen molar-refractivity contribution in [2.45, 2.75) is 57.8 Å². The first kappa shape index (κ1) is 19.2. The molecular formula is C15H26N2O6. The number of nitrogens with zero attached hydrogens (tertiary/aromatic N) is 1. The summed E-state index contributed by atoms with van der Waals surface area (Å²) in [7, 11) is 1.63. The number of methoxy groups -OCH3 is 1. The van der Waals surface area contributed by atoms with E-state index in [1.165, 1.54) is 0 Å². The van der Waals surface area contributed by atoms with Crippen LogP contribution in [-0.4, -0.2) is 65.9 Å². The van der Waals surface area contributed by atoms with E-state index >= 15 is 0 Å². The van der Waals surface area contributed by atoms with Gasteiger partial charge in [-0.05, 0) is 33.6 Å². The molecule has 0 aliphatic carbocycles. The van der Waals surface area contributed by atoms with Gasteiger partial charge >= 0.3 is 12.1 Å². The van der Waals surface area contributed by atoms with Gasteiger partial charge in [-0.1, -0.05) is 0 Å². The Bertz CT molecular complexity index is 438. The van der Waals surface area contributed by atoms with Crippen LogP contribution in [0.5, 0.6) is 0 Å². The Kier molecular flexibility index (Phi) is 6.80. The quantitative estimate of drug-likeness (QED) is 0.779. The lowest BCUT2D eigenvalue weighted by Gasteiger charge is -2.32. The van der Waals surface area contributed by atoms with E-state index in [0.717, 1.165) is 12.8 Å². The minimum atomic E-state index is -1.31. The Labute approximate surface area is 136 Å². The lowest BCUT2D eigenvalue weighted by molar-refractivity contribution is -0.144. The number of hydrogen-bond acceptors (Lipinski definition) is 5. The Hall–Kier alpha value is -1.83. The van der Waals surface area contributed by atoms with Gasteiger partial charge in [-0.15, -0.1) is 0 Å². The van der Waals surface area contributed by atoms with E-state index in [0.29, 0.717) is 13.1 Å². The summed E-state index contributed by atoms with van der Waals surface area (Å²) >= 11 is 0. The maximum atomic E-state index is 12.2. The number of carbonyl (C=O) groups excluding carboxylic acids is 2. The van der Waals surface area contributed by atoms with Crippen LogP contribution in [0.4, 0.5) is 4.79 Å². The van der Waals surface area contributed by atoms with E-state index in [1.807, 2.05) is 0 Å². The largest absolute Gasteiger partial charge is 0.480 e. The molecule has 2 N–H and O–H groups in total. The molecule has 8 nitrogen and oxygen atoms in total. The third kappa shape index (κ3) is 6.85. The normalized spacial score (nSPS) is 17.5. The van der Waals surface area contributed by atoms with E-state index in [4.69, 9.17) is 9.47 Å². The highest BCUT2D eigenvalue weighted by molar-refractivity contribution is 5.87. The van der Waals surface area contributed by atoms with Gasteiger partial charge < -0.3 is 24.8 Å². The second-order valence-corrected chi connectivity index (χ2v) is 6.56. The minimum Gasteiger partial charge on any atom is -0.480 e. The number of carboxylic acid groups (broad SMARTS) is 1. The van der Waals surface area contributed by atoms with Crippen LogP contribution >= 0.6 is 0 Å². The Morgan fingerprint density at radius 3 is 2.26 bits per heavy atom. The average Bonchev–Trinajstić information content (AvgIpc) is 2.44. The number of carbonyl (C=O) groups is 3. The summed E-state index contributed by atoms with van der Waals surface area (Å²) < 4.78 is 10.3. The summed E-state index contributed by atoms with van der Waals surface area (Å²) in [6, 6.07) is -1.31. The predicted molar refractivity (Wildman–Crippen MR) is 82.0 cm³/mol. The molecule has 1 aliphatic heterocycles. The summed E-state index contributed by atoms with van der Waals surface area (Å²) in [4.78, 5) is 36.7. The summed E-state index contributed by atoms with van der Waals surface area (Å²) in [5.74, 6) is -1.57. The molecule has 1 rings (SSSR count). The number of piperidine rings is 1. The number of nitrogens with one attached hydrogen (secondary N) is 1. The molecule has 2 amide bonds. The average molecular weight is 330 g/mol. The molecule has 0 aromatic carbocycles. The molecule has 132 valence electrons. The van der Waals surface area contributed by atoms with Crippen molar-refractivity contribution in [3.63, 3.8) is 0 Å². The number of likely N-dealkylation sites (tertiary alicyclic amines) is 1. The third-order valence-corrected chi connectivity index (χ3v) is 3.50. The SMILES string of the molecule is COC1CCN(C(=O)CC(NC(=O)OC(C)(C)C)C(=O)O)CC1. The van der Waals surface area contributed by atoms with Crippen molar-refractivity contribution in [1.82, 2.24) is 10.2 Å². The highest BCUT2D eigenvalue weighted by Gasteiger charge is 2.29. The zero-order valence-corrected chi connectivity index (χ0v) is 14.1. The van der Waals surface area contributed by atoms with Crippen LogP contribution in [-0.2, 0) is 19.1 Å². The maximum Gasteiger partial charge on any atom is 0.408 e. The minimum absolute atomic E-state index is 0.134. The standard InChI is InChI=1S/C15H26N2O6/c1-15(2,3)23-14(21)16-11(13(19)20)9-12(18)17-7-5-10(22-4)6-8-17/h10-11H,5-9H2,1-4H3,(H,16,21)(H,19,20). The fourth-order valence-corrected chi connectivity index (χ4v) is 2.29. The molecule has 1 aliphatic rings. The van der Waals surface area contributed by atoms with Gasteiger partial charge in [0.1, 0.15) is 11.6 Å². The number of hydrogen-bond donors (Lipinski definition) is 2. The topological polar surface area (TPSA) is 105 Å². The van der Waals surface area contributed by atoms with Crippen molar-refractivity contribution in [3.8, 4) is 0 Å². The van der Waals surface area contributed by atoms with E-state index in [1.54, 1.807) is 32.8 Å². The van der Waals surface area contributed by atoms with Gasteiger partial charge in [0.25, 0.3) is 0 Å². The van der Waals surface area contributed by atoms with Crippen molar-refractivity contribution in [2.24, 2.45) is 0 Å². The number of alkyl carbamates (subject to hydrolysis) is 1. The summed E-state index contributed by atoms with van der Waals surface area (Å²) in [5, 5.41) is 11.4. The summed E-state index contributed by atoms with van der Waals surface area (Å²) in [6.45, 7) is 6.07. The first-order valence-electron chi connectivity index (χ1n) is 7.65. The molecule has 1 atom stereocenters. The van der Waals surface area contributed by atoms with Crippen LogP contribution in [0.2, 0.25) is 0 Å². The van der Waals surface area contributed by atoms with Crippen molar-refractivity contribution < 1.29 is 29.0 Å². The van der Waals surface area contributed by atoms with Gasteiger partial charge in [0.15, 0.2) is 0 Å². The number of rotatable bonds is 5. The smallest absolute Gasteiger partial charge is 0.408 e. The second-order valence-electron chi connectivity index (χ2n) is 6.56. The molecule has 1 heterocycles. The van der Waals surface area contributed by atoms with Gasteiger partial charge in [-0.3, -0.25) is 4.79 Å². The van der Waals surface area contributed by atoms with Crippen LogP contribution in [0.1, 0.15) is 40.0 Å². The molecule has 1 fully saturated rings. The van der Waals surface area contributed by atoms with Crippen LogP contribution in [0.15, 0.2) is 0 Å².